The minimum absolute atomic E-state index is 0. The minimum Gasteiger partial charge on any atom is -1.00 e. The van der Waals surface area contributed by atoms with Crippen molar-refractivity contribution < 1.29 is 33.5 Å². The van der Waals surface area contributed by atoms with Crippen molar-refractivity contribution in [2.75, 3.05) is 12.4 Å². The quantitative estimate of drug-likeness (QED) is 0.331. The molecule has 0 aromatic heterocycles. The molecule has 130 valence electrons. The fourth-order valence-electron chi connectivity index (χ4n) is 3.20. The number of nitro groups is 1. The molecule has 0 unspecified atom stereocenters. The molecule has 25 heavy (non-hydrogen) atoms. The van der Waals surface area contributed by atoms with Crippen molar-refractivity contribution in [3.63, 3.8) is 0 Å². The van der Waals surface area contributed by atoms with Crippen molar-refractivity contribution in [1.82, 2.24) is 0 Å². The molecular weight excluding hydrogens is 429 g/mol. The van der Waals surface area contributed by atoms with E-state index in [0.29, 0.717) is 0 Å². The molecule has 0 fully saturated rings. The molecule has 1 aliphatic heterocycles. The van der Waals surface area contributed by atoms with Gasteiger partial charge in [0.2, 0.25) is 5.69 Å². The number of anilines is 1. The first-order valence-electron chi connectivity index (χ1n) is 7.79. The summed E-state index contributed by atoms with van der Waals surface area (Å²) < 4.78 is 2.20. The number of para-hydroxylation sites is 1. The van der Waals surface area contributed by atoms with E-state index in [2.05, 4.69) is 55.1 Å². The van der Waals surface area contributed by atoms with Crippen LogP contribution in [0.25, 0.3) is 0 Å². The van der Waals surface area contributed by atoms with E-state index >= 15 is 0 Å². The van der Waals surface area contributed by atoms with Crippen LogP contribution in [0.4, 0.5) is 17.1 Å². The fraction of sp³-hybridized carbons (Fsp3) is 0.211. The first-order chi connectivity index (χ1) is 11.4. The summed E-state index contributed by atoms with van der Waals surface area (Å²) in [6.07, 6.45) is 3.93. The zero-order chi connectivity index (χ0) is 17.3. The van der Waals surface area contributed by atoms with Crippen LogP contribution < -0.4 is 29.3 Å². The van der Waals surface area contributed by atoms with Gasteiger partial charge in [-0.3, -0.25) is 10.1 Å². The van der Waals surface area contributed by atoms with E-state index in [-0.39, 0.29) is 35.1 Å². The molecule has 0 saturated heterocycles. The van der Waals surface area contributed by atoms with Crippen LogP contribution in [-0.4, -0.2) is 22.3 Å². The van der Waals surface area contributed by atoms with Crippen LogP contribution in [0.15, 0.2) is 60.8 Å². The van der Waals surface area contributed by atoms with Gasteiger partial charge in [0.25, 0.3) is 5.69 Å². The van der Waals surface area contributed by atoms with E-state index < -0.39 is 4.92 Å². The van der Waals surface area contributed by atoms with Crippen molar-refractivity contribution in [1.29, 1.82) is 0 Å². The number of nitrogens with zero attached hydrogens (tertiary/aromatic N) is 2. The van der Waals surface area contributed by atoms with Crippen LogP contribution in [0.5, 0.6) is 0 Å². The zero-order valence-corrected chi connectivity index (χ0v) is 16.5. The summed E-state index contributed by atoms with van der Waals surface area (Å²) in [5, 5.41) is 13.9. The van der Waals surface area contributed by atoms with E-state index in [1.165, 1.54) is 29.1 Å². The Morgan fingerprint density at radius 2 is 1.76 bits per heavy atom. The average Bonchev–Trinajstić information content (AvgIpc) is 2.76. The van der Waals surface area contributed by atoms with Gasteiger partial charge in [-0.05, 0) is 26.0 Å². The highest BCUT2D eigenvalue weighted by Crippen LogP contribution is 2.38. The summed E-state index contributed by atoms with van der Waals surface area (Å²) in [7, 11) is 2.07. The molecule has 0 atom stereocenters. The second-order valence-corrected chi connectivity index (χ2v) is 6.37. The van der Waals surface area contributed by atoms with Crippen molar-refractivity contribution in [2.24, 2.45) is 0 Å². The van der Waals surface area contributed by atoms with Crippen molar-refractivity contribution >= 4 is 22.8 Å². The number of fused-ring (bicyclic) bond motifs is 1. The van der Waals surface area contributed by atoms with Gasteiger partial charge in [0.1, 0.15) is 7.05 Å². The summed E-state index contributed by atoms with van der Waals surface area (Å²) in [6, 6.07) is 14.8. The molecule has 2 aromatic carbocycles. The number of halogens is 1. The van der Waals surface area contributed by atoms with E-state index in [1.54, 1.807) is 12.1 Å². The second kappa shape index (κ2) is 7.35. The molecule has 3 rings (SSSR count). The van der Waals surface area contributed by atoms with Gasteiger partial charge in [0.15, 0.2) is 5.71 Å². The lowest BCUT2D eigenvalue weighted by Gasteiger charge is -2.15. The Bertz CT molecular complexity index is 855. The van der Waals surface area contributed by atoms with Crippen molar-refractivity contribution in [3.05, 3.63) is 76.5 Å². The lowest BCUT2D eigenvalue weighted by molar-refractivity contribution is -0.401. The number of nitrogens with one attached hydrogen (secondary N) is 1. The fourth-order valence-corrected chi connectivity index (χ4v) is 3.20. The molecule has 1 N–H and O–H groups in total. The molecule has 0 radical (unpaired) electrons. The average molecular weight is 449 g/mol. The number of benzene rings is 2. The maximum absolute atomic E-state index is 10.7. The van der Waals surface area contributed by atoms with Crippen molar-refractivity contribution in [3.8, 4) is 0 Å². The molecule has 2 aromatic rings. The summed E-state index contributed by atoms with van der Waals surface area (Å²) in [5.74, 6) is 0. The van der Waals surface area contributed by atoms with Gasteiger partial charge in [-0.1, -0.05) is 18.2 Å². The van der Waals surface area contributed by atoms with Gasteiger partial charge in [-0.15, -0.1) is 0 Å². The van der Waals surface area contributed by atoms with Crippen LogP contribution in [0.1, 0.15) is 19.4 Å². The first-order valence-corrected chi connectivity index (χ1v) is 7.79. The zero-order valence-electron chi connectivity index (χ0n) is 14.4. The summed E-state index contributed by atoms with van der Waals surface area (Å²) in [6.45, 7) is 4.42. The maximum Gasteiger partial charge on any atom is 0.269 e. The van der Waals surface area contributed by atoms with E-state index in [4.69, 9.17) is 0 Å². The number of rotatable bonds is 4. The predicted molar refractivity (Wildman–Crippen MR) is 96.2 cm³/mol. The van der Waals surface area contributed by atoms with Gasteiger partial charge < -0.3 is 29.3 Å². The van der Waals surface area contributed by atoms with E-state index in [1.807, 2.05) is 12.3 Å². The molecule has 0 amide bonds. The van der Waals surface area contributed by atoms with Crippen LogP contribution >= 0.6 is 0 Å². The Labute approximate surface area is 164 Å². The Hall–Kier alpha value is -2.22. The molecule has 1 aliphatic rings. The van der Waals surface area contributed by atoms with Crippen LogP contribution in [-0.2, 0) is 5.41 Å². The van der Waals surface area contributed by atoms with Crippen molar-refractivity contribution in [2.45, 2.75) is 19.3 Å². The lowest BCUT2D eigenvalue weighted by Crippen LogP contribution is -3.00. The second-order valence-electron chi connectivity index (χ2n) is 6.37. The highest BCUT2D eigenvalue weighted by molar-refractivity contribution is 6.03. The summed E-state index contributed by atoms with van der Waals surface area (Å²) >= 11 is 0. The smallest absolute Gasteiger partial charge is 0.269 e. The molecular formula is C19H20IN3O2. The minimum atomic E-state index is -0.400. The SMILES string of the molecule is C[N+]1=C(C=CNc2ccc([N+](=O)[O-])cc2)C(C)(C)c2ccccc21.[I-]. The number of non-ortho nitro benzene ring substituents is 1. The summed E-state index contributed by atoms with van der Waals surface area (Å²) in [4.78, 5) is 10.3. The van der Waals surface area contributed by atoms with E-state index in [9.17, 15) is 10.1 Å². The molecule has 1 heterocycles. The number of hydrogen-bond acceptors (Lipinski definition) is 3. The molecule has 0 saturated carbocycles. The van der Waals surface area contributed by atoms with E-state index in [0.717, 1.165) is 5.69 Å². The van der Waals surface area contributed by atoms with Crippen LogP contribution in [0.3, 0.4) is 0 Å². The van der Waals surface area contributed by atoms with Gasteiger partial charge in [-0.2, -0.15) is 4.58 Å². The number of hydrogen-bond donors (Lipinski definition) is 1. The van der Waals surface area contributed by atoms with Gasteiger partial charge in [0.05, 0.1) is 10.3 Å². The number of allylic oxidation sites excluding steroid dienone is 1. The van der Waals surface area contributed by atoms with Gasteiger partial charge >= 0.3 is 0 Å². The van der Waals surface area contributed by atoms with Crippen LogP contribution in [0.2, 0.25) is 0 Å². The largest absolute Gasteiger partial charge is 1.00 e. The molecule has 0 spiro atoms. The normalized spacial score (nSPS) is 15.0. The standard InChI is InChI=1S/C19H19N3O2.HI/c1-19(2)16-6-4-5-7-17(16)21(3)18(19)12-13-20-14-8-10-15(11-9-14)22(23)24;/h4-13H,1-3H3;1H. The topological polar surface area (TPSA) is 58.2 Å². The third-order valence-electron chi connectivity index (χ3n) is 4.51. The Morgan fingerprint density at radius 1 is 1.12 bits per heavy atom. The number of nitro benzene ring substituents is 1. The molecule has 0 bridgehead atoms. The molecule has 6 heteroatoms. The lowest BCUT2D eigenvalue weighted by atomic mass is 9.81. The summed E-state index contributed by atoms with van der Waals surface area (Å²) in [5.41, 5.74) is 4.55. The Kier molecular flexibility index (Phi) is 5.62. The highest BCUT2D eigenvalue weighted by Gasteiger charge is 2.42. The third-order valence-corrected chi connectivity index (χ3v) is 4.51. The molecule has 0 aliphatic carbocycles. The monoisotopic (exact) mass is 449 g/mol. The highest BCUT2D eigenvalue weighted by atomic mass is 127. The molecule has 5 nitrogen and oxygen atoms in total. The maximum atomic E-state index is 10.7. The van der Waals surface area contributed by atoms with Gasteiger partial charge in [-0.25, -0.2) is 0 Å². The van der Waals surface area contributed by atoms with Crippen LogP contribution in [0, 0.1) is 10.1 Å². The first kappa shape index (κ1) is 19.1. The van der Waals surface area contributed by atoms with Gasteiger partial charge in [0, 0.05) is 41.7 Å². The Balaban J connectivity index is 0.00000225. The predicted octanol–water partition coefficient (Wildman–Crippen LogP) is 1.23. The Morgan fingerprint density at radius 3 is 2.36 bits per heavy atom. The third kappa shape index (κ3) is 3.58.